The standard InChI is InChI=1S/C34H29ClFN3O6/c1-2-45-26-5-3-4-23(29(26)40)28-21-14-15-22-27(31(42)37-30(22)41)24(21)16-25-32(43)39(38-20-12-10-19(36)11-13-20)33(44)34(25,28)17-6-8-18(35)9-7-17/h3-14,22,24-25,27-28,38,40H,2,15-16H2,1H3,(H,37,41,42)/t22-,24+,25-,27-,28+,34+/m0/s1. The lowest BCUT2D eigenvalue weighted by molar-refractivity contribution is -0.138. The molecule has 4 amide bonds. The van der Waals surface area contributed by atoms with E-state index in [9.17, 15) is 23.9 Å². The van der Waals surface area contributed by atoms with Crippen LogP contribution in [0.4, 0.5) is 10.1 Å². The van der Waals surface area contributed by atoms with Gasteiger partial charge in [0.1, 0.15) is 5.82 Å². The number of hydrogen-bond acceptors (Lipinski definition) is 7. The fraction of sp³-hybridized carbons (Fsp3) is 0.294. The molecule has 9 nitrogen and oxygen atoms in total. The SMILES string of the molecule is CCOc1cccc([C@H]2C3=CC[C@@H]4C(=O)NC(=O)[C@@H]4[C@@H]3C[C@H]3C(=O)N(Nc4ccc(F)cc4)C(=O)[C@@]23c2ccc(Cl)cc2)c1O. The van der Waals surface area contributed by atoms with Crippen LogP contribution in [0.5, 0.6) is 11.5 Å². The number of nitrogens with one attached hydrogen (secondary N) is 2. The molecule has 0 unspecified atom stereocenters. The van der Waals surface area contributed by atoms with Crippen LogP contribution in [0.2, 0.25) is 5.02 Å². The average Bonchev–Trinajstić information content (AvgIpc) is 3.44. The highest BCUT2D eigenvalue weighted by molar-refractivity contribution is 6.30. The molecule has 2 heterocycles. The Morgan fingerprint density at radius 3 is 2.47 bits per heavy atom. The van der Waals surface area contributed by atoms with Gasteiger partial charge in [-0.3, -0.25) is 29.9 Å². The summed E-state index contributed by atoms with van der Waals surface area (Å²) in [5.41, 5.74) is 3.16. The molecule has 2 aliphatic heterocycles. The maximum Gasteiger partial charge on any atom is 0.260 e. The van der Waals surface area contributed by atoms with Gasteiger partial charge >= 0.3 is 0 Å². The first-order valence-electron chi connectivity index (χ1n) is 14.8. The van der Waals surface area contributed by atoms with Crippen LogP contribution in [0, 0.1) is 29.5 Å². The molecule has 0 spiro atoms. The van der Waals surface area contributed by atoms with Gasteiger partial charge in [-0.25, -0.2) is 4.39 Å². The highest BCUT2D eigenvalue weighted by atomic mass is 35.5. The molecule has 3 aromatic rings. The number of para-hydroxylation sites is 1. The molecule has 230 valence electrons. The number of imide groups is 2. The number of aromatic hydroxyl groups is 1. The summed E-state index contributed by atoms with van der Waals surface area (Å²) in [4.78, 5) is 55.5. The Hall–Kier alpha value is -4.70. The lowest BCUT2D eigenvalue weighted by Crippen LogP contribution is -2.53. The van der Waals surface area contributed by atoms with Gasteiger partial charge in [0.05, 0.1) is 35.5 Å². The van der Waals surface area contributed by atoms with Crippen LogP contribution in [0.15, 0.2) is 78.4 Å². The number of carbonyl (C=O) groups excluding carboxylic acids is 4. The van der Waals surface area contributed by atoms with Crippen molar-refractivity contribution in [3.8, 4) is 11.5 Å². The molecule has 7 rings (SSSR count). The largest absolute Gasteiger partial charge is 0.504 e. The number of carbonyl (C=O) groups is 4. The van der Waals surface area contributed by atoms with E-state index in [2.05, 4.69) is 10.7 Å². The number of anilines is 1. The number of amides is 4. The normalized spacial score (nSPS) is 28.6. The monoisotopic (exact) mass is 629 g/mol. The van der Waals surface area contributed by atoms with Gasteiger partial charge in [0, 0.05) is 16.5 Å². The quantitative estimate of drug-likeness (QED) is 0.263. The Bertz CT molecular complexity index is 1780. The zero-order valence-electron chi connectivity index (χ0n) is 24.1. The Morgan fingerprint density at radius 2 is 1.76 bits per heavy atom. The van der Waals surface area contributed by atoms with E-state index in [1.807, 2.05) is 6.08 Å². The summed E-state index contributed by atoms with van der Waals surface area (Å²) in [6, 6.07) is 17.0. The molecular formula is C34H29ClFN3O6. The maximum atomic E-state index is 15.0. The van der Waals surface area contributed by atoms with E-state index >= 15 is 4.79 Å². The first-order chi connectivity index (χ1) is 21.7. The number of ether oxygens (including phenoxy) is 1. The Labute approximate surface area is 263 Å². The van der Waals surface area contributed by atoms with Crippen molar-refractivity contribution in [1.82, 2.24) is 10.3 Å². The minimum Gasteiger partial charge on any atom is -0.504 e. The molecule has 1 saturated carbocycles. The molecule has 2 aliphatic carbocycles. The predicted molar refractivity (Wildman–Crippen MR) is 161 cm³/mol. The van der Waals surface area contributed by atoms with Crippen molar-refractivity contribution in [2.75, 3.05) is 12.0 Å². The highest BCUT2D eigenvalue weighted by Crippen LogP contribution is 2.65. The summed E-state index contributed by atoms with van der Waals surface area (Å²) in [6.07, 6.45) is 2.26. The van der Waals surface area contributed by atoms with Crippen molar-refractivity contribution < 1.29 is 33.4 Å². The highest BCUT2D eigenvalue weighted by Gasteiger charge is 2.70. The second kappa shape index (κ2) is 10.7. The molecular weight excluding hydrogens is 601 g/mol. The van der Waals surface area contributed by atoms with Gasteiger partial charge in [0.2, 0.25) is 11.8 Å². The topological polar surface area (TPSA) is 125 Å². The molecule has 6 atom stereocenters. The van der Waals surface area contributed by atoms with Crippen molar-refractivity contribution in [3.05, 3.63) is 100 Å². The van der Waals surface area contributed by atoms with Gasteiger partial charge < -0.3 is 9.84 Å². The number of phenolic OH excluding ortho intramolecular Hbond substituents is 1. The summed E-state index contributed by atoms with van der Waals surface area (Å²) >= 11 is 6.29. The molecule has 11 heteroatoms. The van der Waals surface area contributed by atoms with Crippen LogP contribution in [0.3, 0.4) is 0 Å². The Morgan fingerprint density at radius 1 is 1.02 bits per heavy atom. The van der Waals surface area contributed by atoms with Crippen molar-refractivity contribution in [2.24, 2.45) is 23.7 Å². The summed E-state index contributed by atoms with van der Waals surface area (Å²) < 4.78 is 19.5. The lowest BCUT2D eigenvalue weighted by atomic mass is 9.49. The second-order valence-electron chi connectivity index (χ2n) is 11.9. The maximum absolute atomic E-state index is 15.0. The number of benzene rings is 3. The zero-order chi connectivity index (χ0) is 31.6. The number of hydrazine groups is 1. The molecule has 0 aromatic heterocycles. The predicted octanol–water partition coefficient (Wildman–Crippen LogP) is 4.86. The van der Waals surface area contributed by atoms with Crippen molar-refractivity contribution >= 4 is 40.9 Å². The van der Waals surface area contributed by atoms with Gasteiger partial charge in [-0.1, -0.05) is 47.5 Å². The first kappa shape index (κ1) is 29.0. The van der Waals surface area contributed by atoms with Crippen molar-refractivity contribution in [2.45, 2.75) is 31.1 Å². The van der Waals surface area contributed by atoms with E-state index in [1.165, 1.54) is 24.3 Å². The smallest absolute Gasteiger partial charge is 0.260 e. The number of rotatable bonds is 6. The molecule has 0 radical (unpaired) electrons. The number of phenols is 1. The van der Waals surface area contributed by atoms with Gasteiger partial charge in [-0.15, -0.1) is 0 Å². The Balaban J connectivity index is 1.49. The zero-order valence-corrected chi connectivity index (χ0v) is 24.9. The number of halogens is 2. The fourth-order valence-electron chi connectivity index (χ4n) is 7.95. The van der Waals surface area contributed by atoms with E-state index in [-0.39, 0.29) is 36.9 Å². The molecule has 0 bridgehead atoms. The number of nitrogens with zero attached hydrogens (tertiary/aromatic N) is 1. The minimum atomic E-state index is -1.59. The van der Waals surface area contributed by atoms with Gasteiger partial charge in [-0.2, -0.15) is 5.01 Å². The molecule has 3 fully saturated rings. The molecule has 4 aliphatic rings. The Kier molecular flexibility index (Phi) is 6.92. The molecule has 3 N–H and O–H groups in total. The van der Waals surface area contributed by atoms with Crippen molar-refractivity contribution in [1.29, 1.82) is 0 Å². The van der Waals surface area contributed by atoms with E-state index in [1.54, 1.807) is 49.4 Å². The van der Waals surface area contributed by atoms with E-state index in [0.717, 1.165) is 5.01 Å². The third-order valence-electron chi connectivity index (χ3n) is 9.74. The van der Waals surface area contributed by atoms with Crippen LogP contribution >= 0.6 is 11.6 Å². The van der Waals surface area contributed by atoms with E-state index < -0.39 is 58.5 Å². The third-order valence-corrected chi connectivity index (χ3v) is 9.99. The number of allylic oxidation sites excluding steroid dienone is 2. The van der Waals surface area contributed by atoms with Crippen LogP contribution in [0.1, 0.15) is 36.8 Å². The van der Waals surface area contributed by atoms with E-state index in [4.69, 9.17) is 16.3 Å². The minimum absolute atomic E-state index is 0.102. The van der Waals surface area contributed by atoms with Gasteiger partial charge in [-0.05, 0) is 73.7 Å². The van der Waals surface area contributed by atoms with Crippen LogP contribution in [-0.4, -0.2) is 40.4 Å². The fourth-order valence-corrected chi connectivity index (χ4v) is 8.08. The third kappa shape index (κ3) is 4.26. The summed E-state index contributed by atoms with van der Waals surface area (Å²) in [5.74, 6) is -6.19. The molecule has 45 heavy (non-hydrogen) atoms. The van der Waals surface area contributed by atoms with Crippen LogP contribution in [-0.2, 0) is 24.6 Å². The number of hydrogen-bond donors (Lipinski definition) is 3. The summed E-state index contributed by atoms with van der Waals surface area (Å²) in [6.45, 7) is 2.06. The lowest BCUT2D eigenvalue weighted by Gasteiger charge is -2.50. The van der Waals surface area contributed by atoms with Gasteiger partial charge in [0.15, 0.2) is 11.5 Å². The summed E-state index contributed by atoms with van der Waals surface area (Å²) in [7, 11) is 0. The first-order valence-corrected chi connectivity index (χ1v) is 15.2. The van der Waals surface area contributed by atoms with E-state index in [0.29, 0.717) is 27.4 Å². The second-order valence-corrected chi connectivity index (χ2v) is 12.3. The van der Waals surface area contributed by atoms with Crippen LogP contribution in [0.25, 0.3) is 0 Å². The average molecular weight is 630 g/mol. The molecule has 2 saturated heterocycles. The van der Waals surface area contributed by atoms with Crippen molar-refractivity contribution in [3.63, 3.8) is 0 Å². The summed E-state index contributed by atoms with van der Waals surface area (Å²) in [5, 5.41) is 15.5. The molecule has 3 aromatic carbocycles. The van der Waals surface area contributed by atoms with Crippen LogP contribution < -0.4 is 15.5 Å². The van der Waals surface area contributed by atoms with Gasteiger partial charge in [0.25, 0.3) is 11.8 Å². The number of fused-ring (bicyclic) bond motifs is 4.